The van der Waals surface area contributed by atoms with Crippen LogP contribution in [0.15, 0.2) is 17.0 Å². The maximum atomic E-state index is 11.1. The van der Waals surface area contributed by atoms with Gasteiger partial charge in [0, 0.05) is 5.56 Å². The maximum absolute atomic E-state index is 11.1. The average molecular weight is 251 g/mol. The third-order valence-electron chi connectivity index (χ3n) is 1.82. The number of sulfonamides is 1. The van der Waals surface area contributed by atoms with Gasteiger partial charge in [-0.1, -0.05) is 11.6 Å². The zero-order chi connectivity index (χ0) is 11.8. The first kappa shape index (κ1) is 11.9. The van der Waals surface area contributed by atoms with Crippen molar-refractivity contribution in [3.63, 3.8) is 0 Å². The van der Waals surface area contributed by atoms with Crippen LogP contribution < -0.4 is 5.14 Å². The molecule has 0 aromatic heterocycles. The highest BCUT2D eigenvalue weighted by Crippen LogP contribution is 2.31. The van der Waals surface area contributed by atoms with Crippen molar-refractivity contribution in [2.24, 2.45) is 5.14 Å². The molecule has 0 unspecified atom stereocenters. The lowest BCUT2D eigenvalue weighted by atomic mass is 10.2. The molecule has 0 heterocycles. The monoisotopic (exact) mass is 250 g/mol. The molecule has 8 heteroatoms. The predicted octanol–water partition coefficient (Wildman–Crippen LogP) is 1.20. The van der Waals surface area contributed by atoms with Gasteiger partial charge in [-0.3, -0.25) is 10.1 Å². The third-order valence-corrected chi connectivity index (χ3v) is 3.18. The Bertz CT molecular complexity index is 526. The number of hydrogen-bond acceptors (Lipinski definition) is 4. The quantitative estimate of drug-likeness (QED) is 0.629. The van der Waals surface area contributed by atoms with Gasteiger partial charge in [-0.2, -0.15) is 0 Å². The summed E-state index contributed by atoms with van der Waals surface area (Å²) in [7, 11) is -3.97. The highest BCUT2D eigenvalue weighted by Gasteiger charge is 2.23. The molecule has 0 aliphatic carbocycles. The van der Waals surface area contributed by atoms with E-state index in [0.717, 1.165) is 12.1 Å². The molecule has 1 aromatic rings. The normalized spacial score (nSPS) is 11.4. The van der Waals surface area contributed by atoms with Crippen molar-refractivity contribution < 1.29 is 13.3 Å². The first-order valence-corrected chi connectivity index (χ1v) is 5.64. The number of nitrogens with two attached hydrogens (primary N) is 1. The average Bonchev–Trinajstić information content (AvgIpc) is 2.00. The SMILES string of the molecule is Cc1c(S(N)(=O)=O)ccc(Cl)c1[N+](=O)[O-]. The first-order valence-electron chi connectivity index (χ1n) is 3.71. The van der Waals surface area contributed by atoms with Gasteiger partial charge < -0.3 is 0 Å². The molecule has 0 atom stereocenters. The molecule has 0 fully saturated rings. The van der Waals surface area contributed by atoms with Gasteiger partial charge in [0.25, 0.3) is 5.69 Å². The van der Waals surface area contributed by atoms with E-state index < -0.39 is 20.6 Å². The van der Waals surface area contributed by atoms with Gasteiger partial charge in [0.05, 0.1) is 9.82 Å². The fourth-order valence-corrected chi connectivity index (χ4v) is 2.24. The Morgan fingerprint density at radius 2 is 2.00 bits per heavy atom. The molecule has 1 aromatic carbocycles. The summed E-state index contributed by atoms with van der Waals surface area (Å²) in [6.45, 7) is 1.28. The molecule has 0 aliphatic heterocycles. The van der Waals surface area contributed by atoms with E-state index in [1.807, 2.05) is 0 Å². The van der Waals surface area contributed by atoms with Crippen LogP contribution in [-0.4, -0.2) is 13.3 Å². The van der Waals surface area contributed by atoms with E-state index in [0.29, 0.717) is 0 Å². The fourth-order valence-electron chi connectivity index (χ4n) is 1.18. The number of nitro benzene ring substituents is 1. The number of hydrogen-bond donors (Lipinski definition) is 1. The molecule has 1 rings (SSSR count). The molecule has 82 valence electrons. The molecular formula is C7H7ClN2O4S. The van der Waals surface area contributed by atoms with Crippen LogP contribution in [0.2, 0.25) is 5.02 Å². The first-order chi connectivity index (χ1) is 6.75. The van der Waals surface area contributed by atoms with E-state index in [-0.39, 0.29) is 15.5 Å². The Morgan fingerprint density at radius 1 is 1.47 bits per heavy atom. The molecule has 0 amide bonds. The van der Waals surface area contributed by atoms with Crippen molar-refractivity contribution in [2.45, 2.75) is 11.8 Å². The predicted molar refractivity (Wildman–Crippen MR) is 54.2 cm³/mol. The van der Waals surface area contributed by atoms with Crippen LogP contribution in [0.1, 0.15) is 5.56 Å². The van der Waals surface area contributed by atoms with Crippen LogP contribution in [0.5, 0.6) is 0 Å². The van der Waals surface area contributed by atoms with Crippen molar-refractivity contribution in [2.75, 3.05) is 0 Å². The summed E-state index contributed by atoms with van der Waals surface area (Å²) in [5.74, 6) is 0. The van der Waals surface area contributed by atoms with E-state index in [2.05, 4.69) is 0 Å². The summed E-state index contributed by atoms with van der Waals surface area (Å²) in [4.78, 5) is 9.57. The molecule has 6 nitrogen and oxygen atoms in total. The Balaban J connectivity index is 3.64. The lowest BCUT2D eigenvalue weighted by molar-refractivity contribution is -0.385. The summed E-state index contributed by atoms with van der Waals surface area (Å²) in [5, 5.41) is 15.4. The van der Waals surface area contributed by atoms with Crippen molar-refractivity contribution in [1.29, 1.82) is 0 Å². The number of halogens is 1. The molecule has 0 spiro atoms. The number of rotatable bonds is 2. The molecule has 0 aliphatic rings. The Morgan fingerprint density at radius 3 is 2.40 bits per heavy atom. The fraction of sp³-hybridized carbons (Fsp3) is 0.143. The summed E-state index contributed by atoms with van der Waals surface area (Å²) < 4.78 is 22.1. The van der Waals surface area contributed by atoms with Crippen LogP contribution in [-0.2, 0) is 10.0 Å². The zero-order valence-corrected chi connectivity index (χ0v) is 9.17. The molecule has 0 saturated carbocycles. The summed E-state index contributed by atoms with van der Waals surface area (Å²) in [6, 6.07) is 2.27. The highest BCUT2D eigenvalue weighted by molar-refractivity contribution is 7.89. The van der Waals surface area contributed by atoms with Crippen molar-refractivity contribution in [1.82, 2.24) is 0 Å². The van der Waals surface area contributed by atoms with Crippen molar-refractivity contribution >= 4 is 27.3 Å². The van der Waals surface area contributed by atoms with E-state index in [4.69, 9.17) is 16.7 Å². The van der Waals surface area contributed by atoms with Crippen LogP contribution in [0, 0.1) is 17.0 Å². The van der Waals surface area contributed by atoms with E-state index in [9.17, 15) is 18.5 Å². The molecule has 0 bridgehead atoms. The van der Waals surface area contributed by atoms with Gasteiger partial charge in [0.15, 0.2) is 0 Å². The minimum absolute atomic E-state index is 0.0602. The second-order valence-electron chi connectivity index (χ2n) is 2.82. The lowest BCUT2D eigenvalue weighted by Crippen LogP contribution is -2.14. The minimum atomic E-state index is -3.97. The zero-order valence-electron chi connectivity index (χ0n) is 7.60. The minimum Gasteiger partial charge on any atom is -0.258 e. The van der Waals surface area contributed by atoms with Crippen LogP contribution in [0.3, 0.4) is 0 Å². The summed E-state index contributed by atoms with van der Waals surface area (Å²) in [5.41, 5.74) is -0.502. The molecular weight excluding hydrogens is 244 g/mol. The maximum Gasteiger partial charge on any atom is 0.292 e. The van der Waals surface area contributed by atoms with Gasteiger partial charge in [-0.25, -0.2) is 13.6 Å². The Hall–Kier alpha value is -1.18. The second kappa shape index (κ2) is 3.76. The van der Waals surface area contributed by atoms with E-state index in [1.54, 1.807) is 0 Å². The number of nitro groups is 1. The number of primary sulfonamides is 1. The van der Waals surface area contributed by atoms with E-state index >= 15 is 0 Å². The van der Waals surface area contributed by atoms with Gasteiger partial charge in [-0.15, -0.1) is 0 Å². The van der Waals surface area contributed by atoms with Crippen LogP contribution in [0.4, 0.5) is 5.69 Å². The second-order valence-corrected chi connectivity index (χ2v) is 4.76. The van der Waals surface area contributed by atoms with E-state index in [1.165, 1.54) is 6.92 Å². The Kier molecular flexibility index (Phi) is 2.98. The molecule has 0 radical (unpaired) electrons. The third kappa shape index (κ3) is 2.25. The number of nitrogens with zero attached hydrogens (tertiary/aromatic N) is 1. The van der Waals surface area contributed by atoms with Gasteiger partial charge in [-0.05, 0) is 19.1 Å². The molecule has 2 N–H and O–H groups in total. The summed E-state index contributed by atoms with van der Waals surface area (Å²) >= 11 is 5.57. The Labute approximate surface area is 90.9 Å². The highest BCUT2D eigenvalue weighted by atomic mass is 35.5. The number of benzene rings is 1. The molecule has 15 heavy (non-hydrogen) atoms. The van der Waals surface area contributed by atoms with Gasteiger partial charge in [0.2, 0.25) is 10.0 Å². The standard InChI is InChI=1S/C7H7ClN2O4S/c1-4-6(15(9,13)14)3-2-5(8)7(4)10(11)12/h2-3H,1H3,(H2,9,13,14). The topological polar surface area (TPSA) is 103 Å². The van der Waals surface area contributed by atoms with Crippen molar-refractivity contribution in [3.8, 4) is 0 Å². The summed E-state index contributed by atoms with van der Waals surface area (Å²) in [6.07, 6.45) is 0. The van der Waals surface area contributed by atoms with Gasteiger partial charge >= 0.3 is 0 Å². The smallest absolute Gasteiger partial charge is 0.258 e. The van der Waals surface area contributed by atoms with Crippen LogP contribution in [0.25, 0.3) is 0 Å². The van der Waals surface area contributed by atoms with Crippen LogP contribution >= 0.6 is 11.6 Å². The largest absolute Gasteiger partial charge is 0.292 e. The lowest BCUT2D eigenvalue weighted by Gasteiger charge is -2.04. The molecule has 0 saturated heterocycles. The van der Waals surface area contributed by atoms with Gasteiger partial charge in [0.1, 0.15) is 5.02 Å². The van der Waals surface area contributed by atoms with Crippen molar-refractivity contribution in [3.05, 3.63) is 32.8 Å².